The molecule has 4 nitrogen and oxygen atoms in total. The van der Waals surface area contributed by atoms with Gasteiger partial charge in [-0.25, -0.2) is 0 Å². The number of likely N-dealkylation sites (N-methyl/N-ethyl adjacent to an activating group) is 1. The summed E-state index contributed by atoms with van der Waals surface area (Å²) in [5, 5.41) is 12.8. The Hall–Kier alpha value is -1.49. The molecule has 1 saturated heterocycles. The van der Waals surface area contributed by atoms with Crippen molar-refractivity contribution in [1.82, 2.24) is 9.88 Å². The Bertz CT molecular complexity index is 582. The van der Waals surface area contributed by atoms with Crippen LogP contribution in [0.5, 0.6) is 0 Å². The Morgan fingerprint density at radius 3 is 3.20 bits per heavy atom. The molecule has 1 aliphatic rings. The van der Waals surface area contributed by atoms with Gasteiger partial charge in [-0.2, -0.15) is 0 Å². The number of rotatable bonds is 3. The third kappa shape index (κ3) is 2.54. The van der Waals surface area contributed by atoms with Crippen LogP contribution in [0.25, 0.3) is 10.8 Å². The SMILES string of the molecule is CCN1CCOC(C(O)c2cccc3ccncc23)C1. The van der Waals surface area contributed by atoms with E-state index < -0.39 is 6.10 Å². The van der Waals surface area contributed by atoms with E-state index in [1.165, 1.54) is 0 Å². The lowest BCUT2D eigenvalue weighted by Crippen LogP contribution is -2.44. The molecule has 1 aromatic heterocycles. The summed E-state index contributed by atoms with van der Waals surface area (Å²) in [5.41, 5.74) is 0.901. The Morgan fingerprint density at radius 2 is 2.35 bits per heavy atom. The molecule has 2 unspecified atom stereocenters. The van der Waals surface area contributed by atoms with Gasteiger partial charge < -0.3 is 9.84 Å². The zero-order valence-corrected chi connectivity index (χ0v) is 11.7. The van der Waals surface area contributed by atoms with Crippen molar-refractivity contribution < 1.29 is 9.84 Å². The summed E-state index contributed by atoms with van der Waals surface area (Å²) < 4.78 is 5.76. The van der Waals surface area contributed by atoms with Gasteiger partial charge in [-0.1, -0.05) is 25.1 Å². The van der Waals surface area contributed by atoms with Crippen molar-refractivity contribution in [3.05, 3.63) is 42.2 Å². The number of pyridine rings is 1. The van der Waals surface area contributed by atoms with E-state index in [0.717, 1.165) is 36.0 Å². The molecule has 4 heteroatoms. The van der Waals surface area contributed by atoms with Crippen molar-refractivity contribution in [2.75, 3.05) is 26.2 Å². The number of hydrogen-bond acceptors (Lipinski definition) is 4. The van der Waals surface area contributed by atoms with Crippen molar-refractivity contribution in [2.45, 2.75) is 19.1 Å². The van der Waals surface area contributed by atoms with Gasteiger partial charge in [0.15, 0.2) is 0 Å². The number of benzene rings is 1. The summed E-state index contributed by atoms with van der Waals surface area (Å²) in [4.78, 5) is 6.48. The summed E-state index contributed by atoms with van der Waals surface area (Å²) in [5.74, 6) is 0. The number of aliphatic hydroxyl groups is 1. The molecule has 0 saturated carbocycles. The Kier molecular flexibility index (Phi) is 3.96. The second-order valence-corrected chi connectivity index (χ2v) is 5.19. The number of aliphatic hydroxyl groups excluding tert-OH is 1. The fourth-order valence-corrected chi connectivity index (χ4v) is 2.81. The van der Waals surface area contributed by atoms with Gasteiger partial charge in [0.05, 0.1) is 6.61 Å². The maximum Gasteiger partial charge on any atom is 0.107 e. The molecule has 1 aliphatic heterocycles. The Morgan fingerprint density at radius 1 is 1.45 bits per heavy atom. The van der Waals surface area contributed by atoms with E-state index in [9.17, 15) is 5.11 Å². The first-order valence-corrected chi connectivity index (χ1v) is 7.14. The predicted octanol–water partition coefficient (Wildman–Crippen LogP) is 1.99. The van der Waals surface area contributed by atoms with Crippen LogP contribution < -0.4 is 0 Å². The van der Waals surface area contributed by atoms with Crippen LogP contribution in [0.4, 0.5) is 0 Å². The van der Waals surface area contributed by atoms with Gasteiger partial charge in [-0.3, -0.25) is 9.88 Å². The van der Waals surface area contributed by atoms with Crippen LogP contribution in [0, 0.1) is 0 Å². The highest BCUT2D eigenvalue weighted by molar-refractivity contribution is 5.85. The van der Waals surface area contributed by atoms with E-state index in [1.807, 2.05) is 30.5 Å². The first kappa shape index (κ1) is 13.5. The molecule has 3 rings (SSSR count). The van der Waals surface area contributed by atoms with E-state index in [2.05, 4.69) is 16.8 Å². The molecule has 20 heavy (non-hydrogen) atoms. The van der Waals surface area contributed by atoms with Gasteiger partial charge in [-0.05, 0) is 23.6 Å². The largest absolute Gasteiger partial charge is 0.386 e. The molecule has 106 valence electrons. The Balaban J connectivity index is 1.90. The molecule has 0 radical (unpaired) electrons. The minimum Gasteiger partial charge on any atom is -0.386 e. The highest BCUT2D eigenvalue weighted by Gasteiger charge is 2.28. The first-order chi connectivity index (χ1) is 9.79. The van der Waals surface area contributed by atoms with E-state index in [-0.39, 0.29) is 6.10 Å². The van der Waals surface area contributed by atoms with E-state index >= 15 is 0 Å². The van der Waals surface area contributed by atoms with E-state index in [1.54, 1.807) is 6.20 Å². The van der Waals surface area contributed by atoms with Gasteiger partial charge >= 0.3 is 0 Å². The molecule has 0 bridgehead atoms. The third-order valence-corrected chi connectivity index (χ3v) is 4.01. The molecule has 2 aromatic rings. The summed E-state index contributed by atoms with van der Waals surface area (Å²) in [7, 11) is 0. The zero-order valence-electron chi connectivity index (χ0n) is 11.7. The molecule has 0 amide bonds. The smallest absolute Gasteiger partial charge is 0.107 e. The average molecular weight is 272 g/mol. The fraction of sp³-hybridized carbons (Fsp3) is 0.438. The van der Waals surface area contributed by atoms with Crippen LogP contribution in [0.2, 0.25) is 0 Å². The van der Waals surface area contributed by atoms with Crippen LogP contribution >= 0.6 is 0 Å². The minimum atomic E-state index is -0.614. The number of morpholine rings is 1. The van der Waals surface area contributed by atoms with Gasteiger partial charge in [-0.15, -0.1) is 0 Å². The van der Waals surface area contributed by atoms with Crippen LogP contribution in [-0.2, 0) is 4.74 Å². The zero-order chi connectivity index (χ0) is 13.9. The summed E-state index contributed by atoms with van der Waals surface area (Å²) >= 11 is 0. The maximum absolute atomic E-state index is 10.7. The van der Waals surface area contributed by atoms with Gasteiger partial charge in [0.25, 0.3) is 0 Å². The third-order valence-electron chi connectivity index (χ3n) is 4.01. The van der Waals surface area contributed by atoms with Crippen LogP contribution in [0.3, 0.4) is 0 Å². The van der Waals surface area contributed by atoms with Gasteiger partial charge in [0, 0.05) is 30.9 Å². The number of fused-ring (bicyclic) bond motifs is 1. The molecule has 2 heterocycles. The van der Waals surface area contributed by atoms with Crippen molar-refractivity contribution in [3.63, 3.8) is 0 Å². The maximum atomic E-state index is 10.7. The van der Waals surface area contributed by atoms with Crippen LogP contribution in [-0.4, -0.2) is 47.3 Å². The topological polar surface area (TPSA) is 45.6 Å². The number of aromatic nitrogens is 1. The number of ether oxygens (including phenoxy) is 1. The summed E-state index contributed by atoms with van der Waals surface area (Å²) in [6, 6.07) is 7.93. The van der Waals surface area contributed by atoms with Gasteiger partial charge in [0.2, 0.25) is 0 Å². The number of hydrogen-bond donors (Lipinski definition) is 1. The fourth-order valence-electron chi connectivity index (χ4n) is 2.81. The average Bonchev–Trinajstić information content (AvgIpc) is 2.53. The molecule has 2 atom stereocenters. The summed E-state index contributed by atoms with van der Waals surface area (Å²) in [6.45, 7) is 5.52. The van der Waals surface area contributed by atoms with Gasteiger partial charge in [0.1, 0.15) is 12.2 Å². The second-order valence-electron chi connectivity index (χ2n) is 5.19. The van der Waals surface area contributed by atoms with Crippen molar-refractivity contribution >= 4 is 10.8 Å². The van der Waals surface area contributed by atoms with Crippen molar-refractivity contribution in [1.29, 1.82) is 0 Å². The predicted molar refractivity (Wildman–Crippen MR) is 78.6 cm³/mol. The first-order valence-electron chi connectivity index (χ1n) is 7.14. The van der Waals surface area contributed by atoms with Crippen LogP contribution in [0.1, 0.15) is 18.6 Å². The summed E-state index contributed by atoms with van der Waals surface area (Å²) in [6.07, 6.45) is 2.80. The normalized spacial score (nSPS) is 22.0. The van der Waals surface area contributed by atoms with Crippen molar-refractivity contribution in [2.24, 2.45) is 0 Å². The molecule has 0 aliphatic carbocycles. The molecular weight excluding hydrogens is 252 g/mol. The van der Waals surface area contributed by atoms with E-state index in [4.69, 9.17) is 4.74 Å². The monoisotopic (exact) mass is 272 g/mol. The highest BCUT2D eigenvalue weighted by Crippen LogP contribution is 2.28. The molecule has 1 N–H and O–H groups in total. The standard InChI is InChI=1S/C16H20N2O2/c1-2-18-8-9-20-15(11-18)16(19)13-5-3-4-12-6-7-17-10-14(12)13/h3-7,10,15-16,19H,2,8-9,11H2,1H3. The highest BCUT2D eigenvalue weighted by atomic mass is 16.5. The molecule has 0 spiro atoms. The van der Waals surface area contributed by atoms with Crippen LogP contribution in [0.15, 0.2) is 36.7 Å². The second kappa shape index (κ2) is 5.87. The lowest BCUT2D eigenvalue weighted by atomic mass is 9.98. The molecule has 1 fully saturated rings. The quantitative estimate of drug-likeness (QED) is 0.928. The lowest BCUT2D eigenvalue weighted by molar-refractivity contribution is -0.0884. The number of nitrogens with zero attached hydrogens (tertiary/aromatic N) is 2. The molecular formula is C16H20N2O2. The van der Waals surface area contributed by atoms with E-state index in [0.29, 0.717) is 6.61 Å². The Labute approximate surface area is 119 Å². The van der Waals surface area contributed by atoms with Crippen molar-refractivity contribution in [3.8, 4) is 0 Å². The molecule has 1 aromatic carbocycles. The lowest BCUT2D eigenvalue weighted by Gasteiger charge is -2.34. The minimum absolute atomic E-state index is 0.172.